The van der Waals surface area contributed by atoms with Gasteiger partial charge in [-0.2, -0.15) is 5.06 Å². The Morgan fingerprint density at radius 1 is 1.00 bits per heavy atom. The molecule has 86 valence electrons. The van der Waals surface area contributed by atoms with E-state index in [-0.39, 0.29) is 6.23 Å². The molecule has 1 unspecified atom stereocenters. The quantitative estimate of drug-likeness (QED) is 0.774. The third-order valence-corrected chi connectivity index (χ3v) is 3.37. The summed E-state index contributed by atoms with van der Waals surface area (Å²) in [5.74, 6) is 0. The molecule has 3 rings (SSSR count). The number of para-hydroxylation sites is 1. The molecule has 1 aromatic carbocycles. The second-order valence-corrected chi connectivity index (χ2v) is 4.51. The smallest absolute Gasteiger partial charge is 0.151 e. The summed E-state index contributed by atoms with van der Waals surface area (Å²) in [4.78, 5) is 8.35. The maximum absolute atomic E-state index is 5.97. The number of hydrogen-bond donors (Lipinski definition) is 0. The number of nitrogens with zero attached hydrogens (tertiary/aromatic N) is 2. The molecule has 3 heteroatoms. The highest BCUT2D eigenvalue weighted by atomic mass is 16.7. The first-order valence-corrected chi connectivity index (χ1v) is 6.17. The minimum Gasteiger partial charge on any atom is -0.345 e. The Hall–Kier alpha value is -1.06. The normalized spacial score (nSPS) is 25.8. The van der Waals surface area contributed by atoms with Gasteiger partial charge in [-0.1, -0.05) is 18.2 Å². The van der Waals surface area contributed by atoms with Gasteiger partial charge < -0.3 is 4.90 Å². The SMILES string of the molecule is c1ccc(N2CCCC2ON2CCC2)cc1. The van der Waals surface area contributed by atoms with E-state index < -0.39 is 0 Å². The molecular formula is C13H18N2O. The number of benzene rings is 1. The van der Waals surface area contributed by atoms with E-state index in [1.807, 2.05) is 0 Å². The fourth-order valence-corrected chi connectivity index (χ4v) is 2.33. The highest BCUT2D eigenvalue weighted by Gasteiger charge is 2.29. The molecule has 2 saturated heterocycles. The standard InChI is InChI=1S/C13H18N2O/c1-2-6-12(7-3-1)15-11-4-8-13(15)16-14-9-5-10-14/h1-3,6-7,13H,4-5,8-11H2. The molecule has 2 fully saturated rings. The molecule has 0 aliphatic carbocycles. The van der Waals surface area contributed by atoms with Crippen LogP contribution in [0.4, 0.5) is 5.69 Å². The van der Waals surface area contributed by atoms with Crippen LogP contribution in [0.5, 0.6) is 0 Å². The number of hydroxylamine groups is 2. The van der Waals surface area contributed by atoms with E-state index in [4.69, 9.17) is 4.84 Å². The lowest BCUT2D eigenvalue weighted by Gasteiger charge is -2.36. The molecule has 0 radical (unpaired) electrons. The number of anilines is 1. The maximum Gasteiger partial charge on any atom is 0.151 e. The van der Waals surface area contributed by atoms with Crippen molar-refractivity contribution in [2.24, 2.45) is 0 Å². The van der Waals surface area contributed by atoms with Gasteiger partial charge in [0.2, 0.25) is 0 Å². The summed E-state index contributed by atoms with van der Waals surface area (Å²) in [6, 6.07) is 10.6. The Labute approximate surface area is 96.6 Å². The van der Waals surface area contributed by atoms with Gasteiger partial charge in [0, 0.05) is 25.3 Å². The van der Waals surface area contributed by atoms with Crippen molar-refractivity contribution in [2.45, 2.75) is 25.5 Å². The Morgan fingerprint density at radius 2 is 1.81 bits per heavy atom. The van der Waals surface area contributed by atoms with Gasteiger partial charge in [-0.05, 0) is 31.4 Å². The Morgan fingerprint density at radius 3 is 2.50 bits per heavy atom. The highest BCUT2D eigenvalue weighted by Crippen LogP contribution is 2.27. The van der Waals surface area contributed by atoms with Crippen LogP contribution in [0.1, 0.15) is 19.3 Å². The Kier molecular flexibility index (Phi) is 2.80. The van der Waals surface area contributed by atoms with Crippen LogP contribution < -0.4 is 4.90 Å². The second kappa shape index (κ2) is 4.44. The molecule has 16 heavy (non-hydrogen) atoms. The van der Waals surface area contributed by atoms with Crippen LogP contribution in [0.3, 0.4) is 0 Å². The van der Waals surface area contributed by atoms with Crippen molar-refractivity contribution in [1.29, 1.82) is 0 Å². The third kappa shape index (κ3) is 1.93. The van der Waals surface area contributed by atoms with Gasteiger partial charge in [0.25, 0.3) is 0 Å². The van der Waals surface area contributed by atoms with Gasteiger partial charge in [0.15, 0.2) is 6.23 Å². The van der Waals surface area contributed by atoms with Crippen molar-refractivity contribution in [2.75, 3.05) is 24.5 Å². The van der Waals surface area contributed by atoms with Gasteiger partial charge in [-0.25, -0.2) is 0 Å². The van der Waals surface area contributed by atoms with Crippen LogP contribution in [0.15, 0.2) is 30.3 Å². The van der Waals surface area contributed by atoms with Gasteiger partial charge in [0.05, 0.1) is 0 Å². The molecule has 1 aromatic rings. The summed E-state index contributed by atoms with van der Waals surface area (Å²) >= 11 is 0. The van der Waals surface area contributed by atoms with Gasteiger partial charge >= 0.3 is 0 Å². The van der Waals surface area contributed by atoms with E-state index in [0.29, 0.717) is 0 Å². The van der Waals surface area contributed by atoms with E-state index >= 15 is 0 Å². The van der Waals surface area contributed by atoms with Crippen LogP contribution in [-0.2, 0) is 4.84 Å². The maximum atomic E-state index is 5.97. The van der Waals surface area contributed by atoms with Crippen LogP contribution in [-0.4, -0.2) is 30.9 Å². The first-order chi connectivity index (χ1) is 7.93. The van der Waals surface area contributed by atoms with E-state index in [1.165, 1.54) is 18.5 Å². The Bertz CT molecular complexity index is 337. The minimum absolute atomic E-state index is 0.252. The lowest BCUT2D eigenvalue weighted by Crippen LogP contribution is -2.44. The van der Waals surface area contributed by atoms with Crippen molar-refractivity contribution in [3.05, 3.63) is 30.3 Å². The van der Waals surface area contributed by atoms with E-state index in [2.05, 4.69) is 40.3 Å². The van der Waals surface area contributed by atoms with Gasteiger partial charge in [-0.15, -0.1) is 0 Å². The van der Waals surface area contributed by atoms with Crippen LogP contribution in [0.2, 0.25) is 0 Å². The highest BCUT2D eigenvalue weighted by molar-refractivity contribution is 5.47. The van der Waals surface area contributed by atoms with Crippen molar-refractivity contribution >= 4 is 5.69 Å². The lowest BCUT2D eigenvalue weighted by molar-refractivity contribution is -0.227. The van der Waals surface area contributed by atoms with Crippen molar-refractivity contribution in [3.8, 4) is 0 Å². The number of rotatable bonds is 3. The zero-order valence-corrected chi connectivity index (χ0v) is 9.51. The molecule has 2 heterocycles. The van der Waals surface area contributed by atoms with Gasteiger partial charge in [-0.3, -0.25) is 4.84 Å². The zero-order valence-electron chi connectivity index (χ0n) is 9.51. The predicted molar refractivity (Wildman–Crippen MR) is 64.1 cm³/mol. The molecule has 0 N–H and O–H groups in total. The fraction of sp³-hybridized carbons (Fsp3) is 0.538. The molecule has 0 spiro atoms. The van der Waals surface area contributed by atoms with Crippen LogP contribution in [0.25, 0.3) is 0 Å². The molecule has 0 saturated carbocycles. The van der Waals surface area contributed by atoms with Crippen molar-refractivity contribution in [3.63, 3.8) is 0 Å². The fourth-order valence-electron chi connectivity index (χ4n) is 2.33. The average Bonchev–Trinajstić information content (AvgIpc) is 2.73. The molecule has 0 aromatic heterocycles. The zero-order chi connectivity index (χ0) is 10.8. The second-order valence-electron chi connectivity index (χ2n) is 4.51. The summed E-state index contributed by atoms with van der Waals surface area (Å²) in [5, 5.41) is 2.09. The predicted octanol–water partition coefficient (Wildman–Crippen LogP) is 2.25. The molecular weight excluding hydrogens is 200 g/mol. The monoisotopic (exact) mass is 218 g/mol. The number of hydrogen-bond acceptors (Lipinski definition) is 3. The lowest BCUT2D eigenvalue weighted by atomic mass is 10.3. The summed E-state index contributed by atoms with van der Waals surface area (Å²) in [6.07, 6.45) is 3.90. The summed E-state index contributed by atoms with van der Waals surface area (Å²) in [7, 11) is 0. The summed E-state index contributed by atoms with van der Waals surface area (Å²) in [6.45, 7) is 3.31. The van der Waals surface area contributed by atoms with E-state index in [0.717, 1.165) is 26.1 Å². The van der Waals surface area contributed by atoms with Crippen LogP contribution in [0, 0.1) is 0 Å². The van der Waals surface area contributed by atoms with Crippen molar-refractivity contribution in [1.82, 2.24) is 5.06 Å². The van der Waals surface area contributed by atoms with Gasteiger partial charge in [0.1, 0.15) is 0 Å². The molecule has 0 bridgehead atoms. The molecule has 0 amide bonds. The van der Waals surface area contributed by atoms with E-state index in [1.54, 1.807) is 0 Å². The first kappa shape index (κ1) is 10.1. The minimum atomic E-state index is 0.252. The first-order valence-electron chi connectivity index (χ1n) is 6.17. The van der Waals surface area contributed by atoms with Crippen LogP contribution >= 0.6 is 0 Å². The summed E-state index contributed by atoms with van der Waals surface area (Å²) in [5.41, 5.74) is 1.28. The molecule has 1 atom stereocenters. The van der Waals surface area contributed by atoms with Crippen molar-refractivity contribution < 1.29 is 4.84 Å². The summed E-state index contributed by atoms with van der Waals surface area (Å²) < 4.78 is 0. The molecule has 3 nitrogen and oxygen atoms in total. The Balaban J connectivity index is 1.68. The largest absolute Gasteiger partial charge is 0.345 e. The van der Waals surface area contributed by atoms with E-state index in [9.17, 15) is 0 Å². The molecule has 2 aliphatic rings. The molecule has 2 aliphatic heterocycles. The third-order valence-electron chi connectivity index (χ3n) is 3.37. The topological polar surface area (TPSA) is 15.7 Å². The average molecular weight is 218 g/mol.